The van der Waals surface area contributed by atoms with E-state index in [0.29, 0.717) is 119 Å². The molecule has 1 atom stereocenters. The summed E-state index contributed by atoms with van der Waals surface area (Å²) in [5.41, 5.74) is 3.62. The summed E-state index contributed by atoms with van der Waals surface area (Å²) in [6, 6.07) is 23.8. The molecule has 1 unspecified atom stereocenters. The van der Waals surface area contributed by atoms with E-state index >= 15 is 0 Å². The number of hydrogen-bond acceptors (Lipinski definition) is 29. The lowest BCUT2D eigenvalue weighted by atomic mass is 10.2. The summed E-state index contributed by atoms with van der Waals surface area (Å²) in [6.07, 6.45) is 18.2. The highest BCUT2D eigenvalue weighted by Crippen LogP contribution is 2.42. The maximum atomic E-state index is 11.4. The molecular weight excluding hydrogens is 1490 g/mol. The van der Waals surface area contributed by atoms with Crippen LogP contribution in [0.1, 0.15) is 85.4 Å². The molecule has 0 bridgehead atoms. The largest absolute Gasteiger partial charge is 0.433 e. The maximum Gasteiger partial charge on any atom is 0.433 e. The van der Waals surface area contributed by atoms with Crippen molar-refractivity contribution in [1.82, 2.24) is 80.7 Å². The van der Waals surface area contributed by atoms with E-state index in [4.69, 9.17) is 61.0 Å². The zero-order chi connectivity index (χ0) is 71.0. The molecule has 13 aromatic rings. The Kier molecular flexibility index (Phi) is 21.9. The highest BCUT2D eigenvalue weighted by Gasteiger charge is 2.28. The Morgan fingerprint density at radius 2 is 1.17 bits per heavy atom. The molecule has 2 fully saturated rings. The third-order valence-electron chi connectivity index (χ3n) is 14.2. The van der Waals surface area contributed by atoms with Gasteiger partial charge in [-0.2, -0.15) is 20.4 Å². The van der Waals surface area contributed by atoms with E-state index in [0.717, 1.165) is 67.2 Å². The van der Waals surface area contributed by atoms with Gasteiger partial charge in [-0.05, 0) is 92.4 Å². The molecule has 41 heteroatoms. The second-order valence-electron chi connectivity index (χ2n) is 21.7. The van der Waals surface area contributed by atoms with E-state index in [1.807, 2.05) is 47.8 Å². The van der Waals surface area contributed by atoms with Crippen LogP contribution in [0.2, 0.25) is 15.1 Å². The van der Waals surface area contributed by atoms with E-state index in [-0.39, 0.29) is 39.6 Å². The van der Waals surface area contributed by atoms with Crippen LogP contribution in [0.5, 0.6) is 0 Å². The quantitative estimate of drug-likeness (QED) is 0.0170. The van der Waals surface area contributed by atoms with Gasteiger partial charge in [0.15, 0.2) is 69.8 Å². The maximum absolute atomic E-state index is 11.4. The van der Waals surface area contributed by atoms with Gasteiger partial charge < -0.3 is 35.9 Å². The van der Waals surface area contributed by atoms with E-state index in [9.17, 15) is 32.1 Å². The number of sulfonamides is 2. The minimum atomic E-state index is -3.77. The van der Waals surface area contributed by atoms with Gasteiger partial charge in [0.05, 0.1) is 67.7 Å². The highest BCUT2D eigenvalue weighted by molar-refractivity contribution is 7.91. The standard InChI is InChI=1S/C20H21N5O2S.C15H11ClN6O2S3.C14H11ClN6O3.C11H9ClN6O2S2.5H2/c1-2-12-11-21-20(17-8-7-16(28-17)15(27)4-3-9-26)23-19(12)22-18-10-14(24-25-18)13-5-6-13;16-8-7-18-15(11-3-4-13(26-11)27(17,23)24)20-14(8)19-12-6-9(21-22-12)10-2-1-5-25-10;15-8-6-16-14(10-3-4-12(24-10)21(22)23)18-13(8)17-11-5-9(19-20-11)7-1-2-7;12-6-5-14-11(7-1-2-9(21-7)22(13,19)20)17-10(6)16-8-3-4-15-18-8;;;;;/h1,7-8,10-11,13,15,26-27H,3-6,9H2,(H2,21,22,23,24,25);1-7H,(H2,17,23,24)(H2,18,19,20,21,22);3-7H,1-2H2,(H2,16,17,18,19,20);1-5H,(H2,13,19,20)(H2,14,15,16,17,18);5*1H. The molecule has 32 nitrogen and oxygen atoms in total. The summed E-state index contributed by atoms with van der Waals surface area (Å²) in [7, 11) is -7.51. The summed E-state index contributed by atoms with van der Waals surface area (Å²) in [4.78, 5) is 48.1. The van der Waals surface area contributed by atoms with Crippen molar-refractivity contribution >= 4 is 153 Å². The first-order valence-electron chi connectivity index (χ1n) is 29.7. The van der Waals surface area contributed by atoms with Gasteiger partial charge in [-0.15, -0.1) is 51.8 Å². The molecule has 101 heavy (non-hydrogen) atoms. The molecule has 0 spiro atoms. The monoisotopic (exact) mass is 1550 g/mol. The average Bonchev–Trinajstić information content (AvgIpc) is 1.62. The molecule has 0 saturated heterocycles. The molecular formula is C60H62Cl3N23O9S6. The topological polar surface area (TPSA) is 483 Å². The molecule has 13 heterocycles. The number of hydrogen-bond donors (Lipinski definition) is 12. The number of aromatic amines is 4. The molecule has 528 valence electrons. The zero-order valence-corrected chi connectivity index (χ0v) is 58.8. The number of nitrogens with zero attached hydrogens (tertiary/aromatic N) is 13. The molecule has 0 amide bonds. The Labute approximate surface area is 610 Å². The number of nitrogens with two attached hydrogens (primary N) is 2. The SMILES string of the molecule is C#Cc1cnc(-c2ccc(C(O)CCCO)s2)nc1Nc1cc(C2CC2)[nH]n1.NS(=O)(=O)c1ccc(-c2ncc(Cl)c(Nc3cc(-c4cccs4)[nH]n3)n2)s1.NS(=O)(=O)c1ccc(-c2ncc(Cl)c(Nc3ccn[nH]3)n2)s1.O=[N+]([O-])c1ccc(-c2ncc(Cl)c(Nc3cc(C4CC4)[nH]n3)n2)o1.[HH].[HH].[HH].[HH].[HH]. The first kappa shape index (κ1) is 70.9. The molecule has 15 rings (SSSR count). The second-order valence-corrected chi connectivity index (χ2v) is 30.7. The minimum Gasteiger partial charge on any atom is -0.397 e. The summed E-state index contributed by atoms with van der Waals surface area (Å²) >= 11 is 23.3. The van der Waals surface area contributed by atoms with Crippen LogP contribution in [0.25, 0.3) is 54.3 Å². The molecule has 2 saturated carbocycles. The predicted octanol–water partition coefficient (Wildman–Crippen LogP) is 13.9. The van der Waals surface area contributed by atoms with Gasteiger partial charge in [0.25, 0.3) is 0 Å². The molecule has 2 aliphatic rings. The van der Waals surface area contributed by atoms with Crippen molar-refractivity contribution in [3.8, 4) is 66.6 Å². The molecule has 0 radical (unpaired) electrons. The van der Waals surface area contributed by atoms with Crippen LogP contribution in [-0.2, 0) is 20.0 Å². The lowest BCUT2D eigenvalue weighted by Crippen LogP contribution is -2.09. The highest BCUT2D eigenvalue weighted by atomic mass is 35.5. The van der Waals surface area contributed by atoms with Gasteiger partial charge >= 0.3 is 5.88 Å². The lowest BCUT2D eigenvalue weighted by molar-refractivity contribution is -0.401. The number of thiophene rings is 4. The van der Waals surface area contributed by atoms with E-state index in [1.165, 1.54) is 67.0 Å². The van der Waals surface area contributed by atoms with Crippen molar-refractivity contribution in [3.05, 3.63) is 168 Å². The Morgan fingerprint density at radius 1 is 0.653 bits per heavy atom. The first-order chi connectivity index (χ1) is 48.6. The molecule has 0 aliphatic heterocycles. The number of rotatable bonds is 22. The van der Waals surface area contributed by atoms with Gasteiger partial charge in [-0.1, -0.05) is 46.8 Å². The third-order valence-corrected chi connectivity index (χ3v) is 22.2. The number of aromatic nitrogens is 16. The van der Waals surface area contributed by atoms with E-state index in [1.54, 1.807) is 41.9 Å². The third kappa shape index (κ3) is 18.3. The Bertz CT molecular complexity index is 5370. The first-order valence-corrected chi connectivity index (χ1v) is 37.2. The van der Waals surface area contributed by atoms with Crippen LogP contribution in [0.15, 0.2) is 134 Å². The lowest BCUT2D eigenvalue weighted by Gasteiger charge is -2.07. The van der Waals surface area contributed by atoms with Crippen molar-refractivity contribution < 1.29 is 43.5 Å². The number of nitro groups is 1. The Hall–Kier alpha value is -9.99. The van der Waals surface area contributed by atoms with Crippen LogP contribution in [0, 0.1) is 22.5 Å². The van der Waals surface area contributed by atoms with E-state index < -0.39 is 31.1 Å². The minimum absolute atomic E-state index is 0. The fourth-order valence-electron chi connectivity index (χ4n) is 9.00. The number of aliphatic hydroxyl groups is 2. The van der Waals surface area contributed by atoms with Crippen LogP contribution in [0.3, 0.4) is 0 Å². The number of furan rings is 1. The fourth-order valence-corrected chi connectivity index (χ4v) is 14.4. The summed E-state index contributed by atoms with van der Waals surface area (Å²) < 4.78 is 50.7. The zero-order valence-electron chi connectivity index (χ0n) is 51.6. The van der Waals surface area contributed by atoms with Crippen LogP contribution in [0.4, 0.5) is 52.4 Å². The van der Waals surface area contributed by atoms with Crippen LogP contribution >= 0.6 is 80.1 Å². The van der Waals surface area contributed by atoms with Gasteiger partial charge in [-0.25, -0.2) is 67.0 Å². The smallest absolute Gasteiger partial charge is 0.397 e. The average molecular weight is 1550 g/mol. The van der Waals surface area contributed by atoms with E-state index in [2.05, 4.69) is 108 Å². The van der Waals surface area contributed by atoms with Gasteiger partial charge in [-0.3, -0.25) is 30.5 Å². The number of H-pyrrole nitrogens is 4. The van der Waals surface area contributed by atoms with Gasteiger partial charge in [0, 0.05) is 72.3 Å². The summed E-state index contributed by atoms with van der Waals surface area (Å²) in [6.45, 7) is 0.0661. The van der Waals surface area contributed by atoms with Gasteiger partial charge in [0.1, 0.15) is 34.2 Å². The number of nitrogens with one attached hydrogen (secondary N) is 8. The molecule has 0 aromatic carbocycles. The summed E-state index contributed by atoms with van der Waals surface area (Å²) in [5.74, 6) is 8.95. The number of terminal acetylenes is 1. The number of aliphatic hydroxyl groups excluding tert-OH is 2. The van der Waals surface area contributed by atoms with Crippen molar-refractivity contribution in [1.29, 1.82) is 0 Å². The number of primary sulfonamides is 2. The molecule has 13 aromatic heterocycles. The second kappa shape index (κ2) is 31.3. The Morgan fingerprint density at radius 3 is 1.67 bits per heavy atom. The molecule has 14 N–H and O–H groups in total. The van der Waals surface area contributed by atoms with Crippen molar-refractivity contribution in [2.45, 2.75) is 64.9 Å². The van der Waals surface area contributed by atoms with Gasteiger partial charge in [0.2, 0.25) is 20.0 Å². The van der Waals surface area contributed by atoms with Crippen molar-refractivity contribution in [2.75, 3.05) is 27.9 Å². The number of anilines is 8. The fraction of sp³-hybridized carbons (Fsp3) is 0.167. The number of halogens is 3. The van der Waals surface area contributed by atoms with Crippen LogP contribution < -0.4 is 31.5 Å². The van der Waals surface area contributed by atoms with Crippen molar-refractivity contribution in [2.24, 2.45) is 10.3 Å². The molecule has 2 aliphatic carbocycles. The van der Waals surface area contributed by atoms with Crippen LogP contribution in [-0.4, -0.2) is 119 Å². The Balaban J connectivity index is 0.000000195. The summed E-state index contributed by atoms with van der Waals surface area (Å²) in [5, 5.41) is 83.3. The normalized spacial score (nSPS) is 13.0. The van der Waals surface area contributed by atoms with Crippen molar-refractivity contribution in [3.63, 3.8) is 0 Å². The predicted molar refractivity (Wildman–Crippen MR) is 395 cm³/mol.